The first kappa shape index (κ1) is 29.4. The third kappa shape index (κ3) is 6.21. The molecule has 42 heavy (non-hydrogen) atoms. The van der Waals surface area contributed by atoms with Crippen molar-refractivity contribution in [1.82, 2.24) is 9.80 Å². The van der Waals surface area contributed by atoms with Crippen molar-refractivity contribution < 1.29 is 28.2 Å². The number of nitrogens with one attached hydrogen (secondary N) is 1. The Morgan fingerprint density at radius 1 is 0.905 bits per heavy atom. The van der Waals surface area contributed by atoms with Crippen LogP contribution in [0.2, 0.25) is 5.02 Å². The van der Waals surface area contributed by atoms with Crippen molar-refractivity contribution in [3.63, 3.8) is 0 Å². The van der Waals surface area contributed by atoms with E-state index >= 15 is 0 Å². The molecule has 3 aromatic rings. The largest absolute Gasteiger partial charge is 0.496 e. The minimum Gasteiger partial charge on any atom is -0.496 e. The molecule has 0 unspecified atom stereocenters. The third-order valence-electron chi connectivity index (χ3n) is 8.04. The molecule has 3 aromatic carbocycles. The summed E-state index contributed by atoms with van der Waals surface area (Å²) in [6.07, 6.45) is 1.45. The Labute approximate surface area is 249 Å². The number of hydrogen-bond acceptors (Lipinski definition) is 5. The Bertz CT molecular complexity index is 1470. The summed E-state index contributed by atoms with van der Waals surface area (Å²) in [5, 5.41) is 2.96. The Morgan fingerprint density at radius 3 is 2.24 bits per heavy atom. The standard InChI is InChI=1S/C32H33ClFN3O5/c1-41-27-6-4-3-5-24(27)32(40)37-18-22(19-37)31(39)36-15-13-21(14-16-36)20-7-9-23(10-8-20)35-29(38)17-25-26(33)11-12-28(42-2)30(25)34/h3-12,21-22H,13-19H2,1-2H3,(H,35,38). The molecule has 0 bridgehead atoms. The maximum Gasteiger partial charge on any atom is 0.257 e. The van der Waals surface area contributed by atoms with Gasteiger partial charge in [0.1, 0.15) is 5.75 Å². The lowest BCUT2D eigenvalue weighted by Gasteiger charge is -2.42. The first-order valence-corrected chi connectivity index (χ1v) is 14.3. The molecule has 0 aromatic heterocycles. The Balaban J connectivity index is 1.09. The van der Waals surface area contributed by atoms with E-state index in [4.69, 9.17) is 21.1 Å². The zero-order chi connectivity index (χ0) is 29.8. The van der Waals surface area contributed by atoms with Gasteiger partial charge in [-0.05, 0) is 60.7 Å². The summed E-state index contributed by atoms with van der Waals surface area (Å²) < 4.78 is 24.8. The number of benzene rings is 3. The predicted molar refractivity (Wildman–Crippen MR) is 158 cm³/mol. The van der Waals surface area contributed by atoms with Crippen LogP contribution in [0.15, 0.2) is 60.7 Å². The van der Waals surface area contributed by atoms with E-state index in [1.807, 2.05) is 35.2 Å². The van der Waals surface area contributed by atoms with Crippen molar-refractivity contribution in [2.24, 2.45) is 5.92 Å². The zero-order valence-electron chi connectivity index (χ0n) is 23.6. The van der Waals surface area contributed by atoms with Gasteiger partial charge in [0.05, 0.1) is 32.1 Å². The Kier molecular flexibility index (Phi) is 8.97. The van der Waals surface area contributed by atoms with Crippen LogP contribution in [0.25, 0.3) is 0 Å². The number of halogens is 2. The van der Waals surface area contributed by atoms with Crippen molar-refractivity contribution in [2.75, 3.05) is 45.7 Å². The van der Waals surface area contributed by atoms with Gasteiger partial charge in [0.25, 0.3) is 5.91 Å². The molecular formula is C32H33ClFN3O5. The second-order valence-corrected chi connectivity index (χ2v) is 11.0. The smallest absolute Gasteiger partial charge is 0.257 e. The van der Waals surface area contributed by atoms with Crippen LogP contribution >= 0.6 is 11.6 Å². The van der Waals surface area contributed by atoms with Crippen LogP contribution in [0.1, 0.15) is 40.2 Å². The van der Waals surface area contributed by atoms with Gasteiger partial charge in [-0.1, -0.05) is 35.9 Å². The molecule has 0 spiro atoms. The predicted octanol–water partition coefficient (Wildman–Crippen LogP) is 5.16. The second kappa shape index (κ2) is 12.8. The van der Waals surface area contributed by atoms with Crippen molar-refractivity contribution >= 4 is 35.0 Å². The van der Waals surface area contributed by atoms with E-state index < -0.39 is 5.82 Å². The maximum atomic E-state index is 14.5. The summed E-state index contributed by atoms with van der Waals surface area (Å²) in [4.78, 5) is 42.1. The number of ether oxygens (including phenoxy) is 2. The molecular weight excluding hydrogens is 561 g/mol. The number of anilines is 1. The lowest BCUT2D eigenvalue weighted by atomic mass is 9.88. The van der Waals surface area contributed by atoms with Crippen LogP contribution in [-0.4, -0.2) is 67.9 Å². The van der Waals surface area contributed by atoms with Gasteiger partial charge in [-0.3, -0.25) is 14.4 Å². The number of piperidine rings is 1. The molecule has 2 fully saturated rings. The molecule has 8 nitrogen and oxygen atoms in total. The quantitative estimate of drug-likeness (QED) is 0.390. The minimum absolute atomic E-state index is 0.0353. The SMILES string of the molecule is COc1ccccc1C(=O)N1CC(C(=O)N2CCC(c3ccc(NC(=O)Cc4c(Cl)ccc(OC)c4F)cc3)CC2)C1. The van der Waals surface area contributed by atoms with Crippen LogP contribution in [0.3, 0.4) is 0 Å². The monoisotopic (exact) mass is 593 g/mol. The van der Waals surface area contributed by atoms with E-state index in [-0.39, 0.29) is 46.4 Å². The number of carbonyl (C=O) groups is 3. The van der Waals surface area contributed by atoms with Crippen molar-refractivity contribution in [3.05, 3.63) is 88.2 Å². The maximum absolute atomic E-state index is 14.5. The minimum atomic E-state index is -0.642. The van der Waals surface area contributed by atoms with Crippen molar-refractivity contribution in [3.8, 4) is 11.5 Å². The molecule has 2 aliphatic rings. The highest BCUT2D eigenvalue weighted by Gasteiger charge is 2.39. The fourth-order valence-corrected chi connectivity index (χ4v) is 5.80. The Morgan fingerprint density at radius 2 is 1.57 bits per heavy atom. The third-order valence-corrected chi connectivity index (χ3v) is 8.39. The summed E-state index contributed by atoms with van der Waals surface area (Å²) in [6, 6.07) is 17.7. The van der Waals surface area contributed by atoms with E-state index in [9.17, 15) is 18.8 Å². The molecule has 2 heterocycles. The number of methoxy groups -OCH3 is 2. The number of rotatable bonds is 8. The van der Waals surface area contributed by atoms with E-state index in [2.05, 4.69) is 5.32 Å². The molecule has 2 saturated heterocycles. The van der Waals surface area contributed by atoms with Crippen LogP contribution in [-0.2, 0) is 16.0 Å². The van der Waals surface area contributed by atoms with Crippen LogP contribution in [0.4, 0.5) is 10.1 Å². The first-order valence-electron chi connectivity index (χ1n) is 13.9. The number of carbonyl (C=O) groups excluding carboxylic acids is 3. The van der Waals surface area contributed by atoms with Gasteiger partial charge in [-0.15, -0.1) is 0 Å². The highest BCUT2D eigenvalue weighted by atomic mass is 35.5. The summed E-state index contributed by atoms with van der Waals surface area (Å²) in [7, 11) is 2.89. The summed E-state index contributed by atoms with van der Waals surface area (Å²) in [5.41, 5.74) is 2.34. The van der Waals surface area contributed by atoms with E-state index in [1.165, 1.54) is 26.4 Å². The molecule has 5 rings (SSSR count). The molecule has 2 aliphatic heterocycles. The van der Waals surface area contributed by atoms with E-state index in [0.29, 0.717) is 49.1 Å². The second-order valence-electron chi connectivity index (χ2n) is 10.6. The molecule has 1 N–H and O–H groups in total. The highest BCUT2D eigenvalue weighted by Crippen LogP contribution is 2.32. The average molecular weight is 594 g/mol. The lowest BCUT2D eigenvalue weighted by Crippen LogP contribution is -2.57. The van der Waals surface area contributed by atoms with Gasteiger partial charge >= 0.3 is 0 Å². The van der Waals surface area contributed by atoms with Gasteiger partial charge in [0.2, 0.25) is 11.8 Å². The summed E-state index contributed by atoms with van der Waals surface area (Å²) in [6.45, 7) is 2.15. The normalized spacial score (nSPS) is 15.6. The van der Waals surface area contributed by atoms with Gasteiger partial charge < -0.3 is 24.6 Å². The van der Waals surface area contributed by atoms with Crippen molar-refractivity contribution in [2.45, 2.75) is 25.2 Å². The lowest BCUT2D eigenvalue weighted by molar-refractivity contribution is -0.140. The molecule has 10 heteroatoms. The molecule has 0 atom stereocenters. The van der Waals surface area contributed by atoms with Gasteiger partial charge in [-0.25, -0.2) is 4.39 Å². The van der Waals surface area contributed by atoms with E-state index in [1.54, 1.807) is 23.1 Å². The average Bonchev–Trinajstić information content (AvgIpc) is 2.99. The topological polar surface area (TPSA) is 88.2 Å². The summed E-state index contributed by atoms with van der Waals surface area (Å²) >= 11 is 6.10. The first-order chi connectivity index (χ1) is 20.3. The molecule has 3 amide bonds. The van der Waals surface area contributed by atoms with Crippen LogP contribution < -0.4 is 14.8 Å². The number of hydrogen-bond donors (Lipinski definition) is 1. The number of likely N-dealkylation sites (tertiary alicyclic amines) is 2. The summed E-state index contributed by atoms with van der Waals surface area (Å²) in [5.74, 6) is -0.359. The fourth-order valence-electron chi connectivity index (χ4n) is 5.58. The van der Waals surface area contributed by atoms with E-state index in [0.717, 1.165) is 18.4 Å². The van der Waals surface area contributed by atoms with Crippen LogP contribution in [0, 0.1) is 11.7 Å². The number of amides is 3. The van der Waals surface area contributed by atoms with Gasteiger partial charge in [-0.2, -0.15) is 0 Å². The molecule has 220 valence electrons. The van der Waals surface area contributed by atoms with Gasteiger partial charge in [0, 0.05) is 42.5 Å². The Hall–Kier alpha value is -4.11. The number of para-hydroxylation sites is 1. The fraction of sp³-hybridized carbons (Fsp3) is 0.344. The molecule has 0 saturated carbocycles. The molecule has 0 aliphatic carbocycles. The highest BCUT2D eigenvalue weighted by molar-refractivity contribution is 6.31. The van der Waals surface area contributed by atoms with Gasteiger partial charge in [0.15, 0.2) is 11.6 Å². The molecule has 0 radical (unpaired) electrons. The van der Waals surface area contributed by atoms with Crippen molar-refractivity contribution in [1.29, 1.82) is 0 Å². The zero-order valence-corrected chi connectivity index (χ0v) is 24.3. The number of nitrogens with zero attached hydrogens (tertiary/aromatic N) is 2. The van der Waals surface area contributed by atoms with Crippen LogP contribution in [0.5, 0.6) is 11.5 Å².